The zero-order chi connectivity index (χ0) is 21.7. The van der Waals surface area contributed by atoms with Crippen molar-refractivity contribution >= 4 is 40.7 Å². The third-order valence-electron chi connectivity index (χ3n) is 4.33. The zero-order valence-corrected chi connectivity index (χ0v) is 17.1. The Kier molecular flexibility index (Phi) is 6.53. The molecule has 10 heteroatoms. The second-order valence-electron chi connectivity index (χ2n) is 6.46. The molecule has 0 aliphatic heterocycles. The van der Waals surface area contributed by atoms with E-state index >= 15 is 0 Å². The van der Waals surface area contributed by atoms with E-state index in [9.17, 15) is 14.4 Å². The summed E-state index contributed by atoms with van der Waals surface area (Å²) in [6, 6.07) is 12.0. The first kappa shape index (κ1) is 21.1. The van der Waals surface area contributed by atoms with Gasteiger partial charge in [-0.3, -0.25) is 18.7 Å². The molecular weight excluding hydrogens is 410 g/mol. The lowest BCUT2D eigenvalue weighted by atomic mass is 10.2. The number of benzene rings is 2. The average molecular weight is 430 g/mol. The Bertz CT molecular complexity index is 1160. The van der Waals surface area contributed by atoms with Gasteiger partial charge in [-0.05, 0) is 42.0 Å². The van der Waals surface area contributed by atoms with Gasteiger partial charge in [-0.15, -0.1) is 0 Å². The van der Waals surface area contributed by atoms with Gasteiger partial charge >= 0.3 is 5.69 Å². The molecule has 2 aromatic carbocycles. The fourth-order valence-corrected chi connectivity index (χ4v) is 2.86. The van der Waals surface area contributed by atoms with E-state index in [2.05, 4.69) is 15.8 Å². The minimum atomic E-state index is -0.487. The predicted octanol–water partition coefficient (Wildman–Crippen LogP) is 1.18. The quantitative estimate of drug-likeness (QED) is 0.434. The van der Waals surface area contributed by atoms with Crippen LogP contribution in [0.3, 0.4) is 0 Å². The van der Waals surface area contributed by atoms with Crippen molar-refractivity contribution in [3.63, 3.8) is 0 Å². The first-order chi connectivity index (χ1) is 14.3. The maximum atomic E-state index is 12.0. The van der Waals surface area contributed by atoms with Crippen LogP contribution >= 0.6 is 11.6 Å². The van der Waals surface area contributed by atoms with Gasteiger partial charge in [0, 0.05) is 19.1 Å². The number of hydrogen-bond donors (Lipinski definition) is 2. The molecule has 1 aromatic heterocycles. The fraction of sp³-hybridized carbons (Fsp3) is 0.200. The van der Waals surface area contributed by atoms with Crippen LogP contribution < -0.4 is 21.2 Å². The van der Waals surface area contributed by atoms with Gasteiger partial charge in [0.15, 0.2) is 6.61 Å². The predicted molar refractivity (Wildman–Crippen MR) is 114 cm³/mol. The first-order valence-electron chi connectivity index (χ1n) is 8.97. The van der Waals surface area contributed by atoms with E-state index in [0.29, 0.717) is 16.3 Å². The van der Waals surface area contributed by atoms with Crippen molar-refractivity contribution in [1.82, 2.24) is 19.9 Å². The summed E-state index contributed by atoms with van der Waals surface area (Å²) in [6.45, 7) is -0.472. The highest BCUT2D eigenvalue weighted by Crippen LogP contribution is 2.15. The molecule has 0 atom stereocenters. The lowest BCUT2D eigenvalue weighted by Gasteiger charge is -2.07. The van der Waals surface area contributed by atoms with E-state index < -0.39 is 11.8 Å². The summed E-state index contributed by atoms with van der Waals surface area (Å²) in [5.74, 6) is -0.435. The number of carbonyl (C=O) groups is 2. The van der Waals surface area contributed by atoms with Crippen molar-refractivity contribution in [3.8, 4) is 5.75 Å². The largest absolute Gasteiger partial charge is 0.484 e. The second-order valence-corrected chi connectivity index (χ2v) is 6.90. The second kappa shape index (κ2) is 9.27. The first-order valence-corrected chi connectivity index (χ1v) is 9.35. The Morgan fingerprint density at radius 2 is 1.77 bits per heavy atom. The van der Waals surface area contributed by atoms with Crippen molar-refractivity contribution in [2.75, 3.05) is 13.2 Å². The van der Waals surface area contributed by atoms with Crippen LogP contribution in [0.4, 0.5) is 0 Å². The normalized spacial score (nSPS) is 11.0. The molecule has 156 valence electrons. The molecule has 0 fully saturated rings. The molecule has 2 N–H and O–H groups in total. The Balaban J connectivity index is 1.46. The van der Waals surface area contributed by atoms with E-state index in [0.717, 1.165) is 11.0 Å². The van der Waals surface area contributed by atoms with Crippen molar-refractivity contribution in [2.45, 2.75) is 0 Å². The highest BCUT2D eigenvalue weighted by atomic mass is 35.5. The molecule has 0 saturated carbocycles. The maximum Gasteiger partial charge on any atom is 0.328 e. The smallest absolute Gasteiger partial charge is 0.328 e. The van der Waals surface area contributed by atoms with Gasteiger partial charge in [-0.1, -0.05) is 17.7 Å². The van der Waals surface area contributed by atoms with E-state index in [1.807, 2.05) is 0 Å². The minimum absolute atomic E-state index is 0.122. The summed E-state index contributed by atoms with van der Waals surface area (Å²) < 4.78 is 8.38. The van der Waals surface area contributed by atoms with Crippen molar-refractivity contribution < 1.29 is 14.3 Å². The number of fused-ring (bicyclic) bond motifs is 1. The Morgan fingerprint density at radius 3 is 2.50 bits per heavy atom. The number of nitrogens with one attached hydrogen (secondary N) is 2. The molecule has 30 heavy (non-hydrogen) atoms. The van der Waals surface area contributed by atoms with Crippen LogP contribution in [0.5, 0.6) is 5.75 Å². The van der Waals surface area contributed by atoms with Gasteiger partial charge < -0.3 is 10.1 Å². The molecule has 0 spiro atoms. The van der Waals surface area contributed by atoms with Gasteiger partial charge in [-0.2, -0.15) is 5.10 Å². The minimum Gasteiger partial charge on any atom is -0.484 e. The van der Waals surface area contributed by atoms with Crippen LogP contribution in [0.1, 0.15) is 5.56 Å². The Labute approximate surface area is 176 Å². The Hall–Kier alpha value is -3.59. The molecule has 3 rings (SSSR count). The number of nitrogens with zero attached hydrogens (tertiary/aromatic N) is 3. The number of hydrogen-bond acceptors (Lipinski definition) is 5. The lowest BCUT2D eigenvalue weighted by molar-refractivity contribution is -0.127. The number of ether oxygens (including phenoxy) is 1. The van der Waals surface area contributed by atoms with Crippen molar-refractivity contribution in [1.29, 1.82) is 0 Å². The Morgan fingerprint density at radius 1 is 1.07 bits per heavy atom. The molecule has 0 aliphatic rings. The molecule has 0 aliphatic carbocycles. The molecule has 0 radical (unpaired) electrons. The molecule has 0 bridgehead atoms. The number of imidazole rings is 1. The van der Waals surface area contributed by atoms with Crippen LogP contribution in [0.25, 0.3) is 11.0 Å². The van der Waals surface area contributed by atoms with Crippen LogP contribution in [-0.4, -0.2) is 40.3 Å². The van der Waals surface area contributed by atoms with Crippen LogP contribution in [-0.2, 0) is 23.7 Å². The van der Waals surface area contributed by atoms with Crippen molar-refractivity contribution in [3.05, 3.63) is 63.5 Å². The van der Waals surface area contributed by atoms with E-state index in [1.165, 1.54) is 10.8 Å². The summed E-state index contributed by atoms with van der Waals surface area (Å²) >= 11 is 5.77. The van der Waals surface area contributed by atoms with Gasteiger partial charge in [-0.25, -0.2) is 10.2 Å². The molecule has 1 heterocycles. The highest BCUT2D eigenvalue weighted by molar-refractivity contribution is 6.30. The van der Waals surface area contributed by atoms with Gasteiger partial charge in [0.1, 0.15) is 5.75 Å². The van der Waals surface area contributed by atoms with Crippen LogP contribution in [0, 0.1) is 0 Å². The number of carbonyl (C=O) groups excluding carboxylic acids is 2. The topological polar surface area (TPSA) is 107 Å². The maximum absolute atomic E-state index is 12.0. The number of aryl methyl sites for hydroxylation is 2. The summed E-state index contributed by atoms with van der Waals surface area (Å²) in [5.41, 5.74) is 4.48. The number of rotatable bonds is 7. The summed E-state index contributed by atoms with van der Waals surface area (Å²) in [6.07, 6.45) is 1.46. The number of hydrazone groups is 1. The van der Waals surface area contributed by atoms with Crippen LogP contribution in [0.2, 0.25) is 5.02 Å². The zero-order valence-electron chi connectivity index (χ0n) is 16.4. The fourth-order valence-electron chi connectivity index (χ4n) is 2.73. The van der Waals surface area contributed by atoms with Gasteiger partial charge in [0.05, 0.1) is 23.8 Å². The lowest BCUT2D eigenvalue weighted by Crippen LogP contribution is -2.37. The highest BCUT2D eigenvalue weighted by Gasteiger charge is 2.08. The number of aromatic nitrogens is 2. The van der Waals surface area contributed by atoms with Gasteiger partial charge in [0.25, 0.3) is 11.8 Å². The van der Waals surface area contributed by atoms with E-state index in [-0.39, 0.29) is 18.8 Å². The molecule has 3 aromatic rings. The van der Waals surface area contributed by atoms with Gasteiger partial charge in [0.2, 0.25) is 0 Å². The molecular formula is C20H20ClN5O4. The van der Waals surface area contributed by atoms with E-state index in [1.54, 1.807) is 61.1 Å². The summed E-state index contributed by atoms with van der Waals surface area (Å²) in [4.78, 5) is 35.5. The summed E-state index contributed by atoms with van der Waals surface area (Å²) in [5, 5.41) is 6.88. The molecule has 0 unspecified atom stereocenters. The average Bonchev–Trinajstić information content (AvgIpc) is 2.95. The van der Waals surface area contributed by atoms with E-state index in [4.69, 9.17) is 16.3 Å². The standard InChI is InChI=1S/C20H20ClN5O4/c1-25-16-8-3-13(9-17(16)26(2)20(25)29)10-23-24-18(27)11-22-19(28)12-30-15-6-4-14(21)5-7-15/h3-10H,11-12H2,1-2H3,(H,22,28)(H,24,27). The third kappa shape index (κ3) is 5.06. The SMILES string of the molecule is Cn1c(=O)n(C)c2cc(C=NNC(=O)CNC(=O)COc3ccc(Cl)cc3)ccc21. The van der Waals surface area contributed by atoms with Crippen LogP contribution in [0.15, 0.2) is 52.4 Å². The third-order valence-corrected chi connectivity index (χ3v) is 4.58. The number of amides is 2. The van der Waals surface area contributed by atoms with Crippen molar-refractivity contribution in [2.24, 2.45) is 19.2 Å². The molecule has 9 nitrogen and oxygen atoms in total. The number of halogens is 1. The molecule has 0 saturated heterocycles. The molecule has 2 amide bonds. The summed E-state index contributed by atoms with van der Waals surface area (Å²) in [7, 11) is 3.39. The monoisotopic (exact) mass is 429 g/mol.